The van der Waals surface area contributed by atoms with Gasteiger partial charge in [0, 0.05) is 6.54 Å². The summed E-state index contributed by atoms with van der Waals surface area (Å²) in [6.45, 7) is 3.10. The maximum Gasteiger partial charge on any atom is 0.348 e. The molecule has 0 spiro atoms. The van der Waals surface area contributed by atoms with Crippen LogP contribution in [0.3, 0.4) is 0 Å². The predicted molar refractivity (Wildman–Crippen MR) is 60.9 cm³/mol. The number of carbonyl (C=O) groups is 1. The van der Waals surface area contributed by atoms with E-state index in [1.165, 1.54) is 7.11 Å². The van der Waals surface area contributed by atoms with Crippen molar-refractivity contribution in [2.75, 3.05) is 7.11 Å². The van der Waals surface area contributed by atoms with Crippen LogP contribution >= 0.6 is 0 Å². The van der Waals surface area contributed by atoms with Crippen molar-refractivity contribution in [2.45, 2.75) is 20.4 Å². The summed E-state index contributed by atoms with van der Waals surface area (Å²) in [5.41, 5.74) is -1.94. The maximum absolute atomic E-state index is 11.5. The van der Waals surface area contributed by atoms with E-state index in [0.29, 0.717) is 0 Å². The summed E-state index contributed by atoms with van der Waals surface area (Å²) in [6, 6.07) is 0. The summed E-state index contributed by atoms with van der Waals surface area (Å²) < 4.78 is 5.62. The Hall–Kier alpha value is -2.25. The molecule has 8 heteroatoms. The van der Waals surface area contributed by atoms with Crippen LogP contribution in [0.15, 0.2) is 17.2 Å². The number of aromatic nitrogens is 2. The zero-order chi connectivity index (χ0) is 13.9. The molecular formula is C10H13N3O5. The number of hydrogen-bond acceptors (Lipinski definition) is 6. The first-order valence-electron chi connectivity index (χ1n) is 5.07. The molecule has 0 aliphatic heterocycles. The number of nitrogens with zero attached hydrogens (tertiary/aromatic N) is 3. The Balaban J connectivity index is 3.11. The lowest BCUT2D eigenvalue weighted by molar-refractivity contribution is -0.385. The predicted octanol–water partition coefficient (Wildman–Crippen LogP) is 0.351. The normalized spacial score (nSPS) is 11.1. The highest BCUT2D eigenvalue weighted by molar-refractivity contribution is 5.75. The largest absolute Gasteiger partial charge is 0.469 e. The Kier molecular flexibility index (Phi) is 3.79. The number of methoxy groups -OCH3 is 1. The molecule has 0 fully saturated rings. The highest BCUT2D eigenvalue weighted by Gasteiger charge is 2.30. The van der Waals surface area contributed by atoms with E-state index >= 15 is 0 Å². The fourth-order valence-electron chi connectivity index (χ4n) is 1.42. The molecule has 0 atom stereocenters. The molecular weight excluding hydrogens is 242 g/mol. The second kappa shape index (κ2) is 4.94. The summed E-state index contributed by atoms with van der Waals surface area (Å²) in [5, 5.41) is 10.6. The quantitative estimate of drug-likeness (QED) is 0.436. The van der Waals surface area contributed by atoms with E-state index in [9.17, 15) is 19.7 Å². The smallest absolute Gasteiger partial charge is 0.348 e. The summed E-state index contributed by atoms with van der Waals surface area (Å²) in [6.07, 6.45) is 1.93. The Bertz CT molecular complexity index is 535. The van der Waals surface area contributed by atoms with Crippen LogP contribution in [0.2, 0.25) is 0 Å². The molecule has 0 radical (unpaired) electrons. The third kappa shape index (κ3) is 2.90. The van der Waals surface area contributed by atoms with Crippen molar-refractivity contribution in [3.8, 4) is 0 Å². The van der Waals surface area contributed by atoms with Crippen LogP contribution in [0.5, 0.6) is 0 Å². The van der Waals surface area contributed by atoms with Crippen molar-refractivity contribution < 1.29 is 14.5 Å². The summed E-state index contributed by atoms with van der Waals surface area (Å²) >= 11 is 0. The van der Waals surface area contributed by atoms with Gasteiger partial charge in [-0.25, -0.2) is 4.79 Å². The summed E-state index contributed by atoms with van der Waals surface area (Å²) in [7, 11) is 1.23. The molecule has 0 aromatic carbocycles. The second-order valence-electron chi connectivity index (χ2n) is 4.36. The van der Waals surface area contributed by atoms with Gasteiger partial charge in [-0.05, 0) is 13.8 Å². The minimum absolute atomic E-state index is 0.0484. The molecule has 98 valence electrons. The molecule has 0 amide bonds. The first-order valence-corrected chi connectivity index (χ1v) is 5.07. The fourth-order valence-corrected chi connectivity index (χ4v) is 1.42. The standard InChI is InChI=1S/C10H13N3O5/c1-10(2,8(14)18-3)6-12-5-7(13(16)17)4-11-9(12)15/h4-5H,6H2,1-3H3. The maximum atomic E-state index is 11.5. The van der Waals surface area contributed by atoms with Crippen molar-refractivity contribution in [1.29, 1.82) is 0 Å². The average molecular weight is 255 g/mol. The third-order valence-corrected chi connectivity index (χ3v) is 2.36. The Morgan fingerprint density at radius 3 is 2.72 bits per heavy atom. The van der Waals surface area contributed by atoms with Gasteiger partial charge in [-0.1, -0.05) is 0 Å². The van der Waals surface area contributed by atoms with Gasteiger partial charge in [0.2, 0.25) is 0 Å². The van der Waals surface area contributed by atoms with Gasteiger partial charge in [0.05, 0.1) is 23.6 Å². The van der Waals surface area contributed by atoms with E-state index in [1.807, 2.05) is 0 Å². The van der Waals surface area contributed by atoms with Gasteiger partial charge >= 0.3 is 17.3 Å². The molecule has 8 nitrogen and oxygen atoms in total. The molecule has 18 heavy (non-hydrogen) atoms. The first kappa shape index (κ1) is 13.8. The van der Waals surface area contributed by atoms with E-state index < -0.39 is 22.0 Å². The van der Waals surface area contributed by atoms with Crippen LogP contribution in [-0.4, -0.2) is 27.6 Å². The average Bonchev–Trinajstić information content (AvgIpc) is 2.30. The lowest BCUT2D eigenvalue weighted by atomic mass is 9.93. The fraction of sp³-hybridized carbons (Fsp3) is 0.500. The van der Waals surface area contributed by atoms with Crippen LogP contribution in [0, 0.1) is 15.5 Å². The van der Waals surface area contributed by atoms with Gasteiger partial charge < -0.3 is 4.74 Å². The van der Waals surface area contributed by atoms with Gasteiger partial charge in [-0.2, -0.15) is 4.98 Å². The lowest BCUT2D eigenvalue weighted by Crippen LogP contribution is -2.35. The van der Waals surface area contributed by atoms with Crippen LogP contribution in [0.1, 0.15) is 13.8 Å². The van der Waals surface area contributed by atoms with Gasteiger partial charge in [0.1, 0.15) is 6.20 Å². The monoisotopic (exact) mass is 255 g/mol. The Morgan fingerprint density at radius 1 is 1.61 bits per heavy atom. The number of ether oxygens (including phenoxy) is 1. The Labute approximate surface area is 102 Å². The van der Waals surface area contributed by atoms with E-state index in [0.717, 1.165) is 17.0 Å². The summed E-state index contributed by atoms with van der Waals surface area (Å²) in [5.74, 6) is -0.513. The lowest BCUT2D eigenvalue weighted by Gasteiger charge is -2.21. The molecule has 0 unspecified atom stereocenters. The van der Waals surface area contributed by atoms with E-state index in [4.69, 9.17) is 0 Å². The van der Waals surface area contributed by atoms with Crippen molar-refractivity contribution in [3.05, 3.63) is 33.0 Å². The highest BCUT2D eigenvalue weighted by atomic mass is 16.6. The minimum atomic E-state index is -0.977. The SMILES string of the molecule is COC(=O)C(C)(C)Cn1cc([N+](=O)[O-])cnc1=O. The van der Waals surface area contributed by atoms with Gasteiger partial charge in [-0.3, -0.25) is 19.5 Å². The van der Waals surface area contributed by atoms with Crippen molar-refractivity contribution in [3.63, 3.8) is 0 Å². The molecule has 0 aliphatic carbocycles. The highest BCUT2D eigenvalue weighted by Crippen LogP contribution is 2.19. The molecule has 0 bridgehead atoms. The van der Waals surface area contributed by atoms with Crippen molar-refractivity contribution in [2.24, 2.45) is 5.41 Å². The zero-order valence-corrected chi connectivity index (χ0v) is 10.2. The zero-order valence-electron chi connectivity index (χ0n) is 10.2. The minimum Gasteiger partial charge on any atom is -0.469 e. The van der Waals surface area contributed by atoms with Gasteiger partial charge in [-0.15, -0.1) is 0 Å². The first-order chi connectivity index (χ1) is 8.27. The second-order valence-corrected chi connectivity index (χ2v) is 4.36. The van der Waals surface area contributed by atoms with E-state index in [1.54, 1.807) is 13.8 Å². The van der Waals surface area contributed by atoms with Crippen molar-refractivity contribution in [1.82, 2.24) is 9.55 Å². The molecule has 1 aromatic rings. The number of carbonyl (C=O) groups excluding carboxylic acids is 1. The van der Waals surface area contributed by atoms with E-state index in [-0.39, 0.29) is 12.2 Å². The topological polar surface area (TPSA) is 104 Å². The molecule has 1 aromatic heterocycles. The number of rotatable bonds is 4. The number of esters is 1. The van der Waals surface area contributed by atoms with Gasteiger partial charge in [0.15, 0.2) is 0 Å². The van der Waals surface area contributed by atoms with Crippen LogP contribution < -0.4 is 5.69 Å². The van der Waals surface area contributed by atoms with Crippen LogP contribution in [0.4, 0.5) is 5.69 Å². The molecule has 0 saturated carbocycles. The third-order valence-electron chi connectivity index (χ3n) is 2.36. The number of hydrogen-bond donors (Lipinski definition) is 0. The molecule has 0 aliphatic rings. The summed E-state index contributed by atoms with van der Waals surface area (Å²) in [4.78, 5) is 36.2. The molecule has 0 N–H and O–H groups in total. The molecule has 1 heterocycles. The molecule has 1 rings (SSSR count). The van der Waals surface area contributed by atoms with Crippen LogP contribution in [0.25, 0.3) is 0 Å². The number of nitro groups is 1. The van der Waals surface area contributed by atoms with E-state index in [2.05, 4.69) is 9.72 Å². The van der Waals surface area contributed by atoms with Crippen LogP contribution in [-0.2, 0) is 16.1 Å². The van der Waals surface area contributed by atoms with Gasteiger partial charge in [0.25, 0.3) is 0 Å². The molecule has 0 saturated heterocycles. The Morgan fingerprint density at radius 2 is 2.22 bits per heavy atom. The van der Waals surface area contributed by atoms with Crippen molar-refractivity contribution >= 4 is 11.7 Å².